The summed E-state index contributed by atoms with van der Waals surface area (Å²) in [4.78, 5) is 12.2. The van der Waals surface area contributed by atoms with Crippen LogP contribution >= 0.6 is 0 Å². The molecule has 1 fully saturated rings. The van der Waals surface area contributed by atoms with Gasteiger partial charge in [-0.3, -0.25) is 4.79 Å². The SMILES string of the molecule is CCC1CCC(CNC(=O)c2cc(N)cc(OC)c2)CC1. The van der Waals surface area contributed by atoms with Crippen molar-refractivity contribution in [3.8, 4) is 5.75 Å². The molecule has 2 rings (SSSR count). The van der Waals surface area contributed by atoms with Crippen LogP contribution in [0.1, 0.15) is 49.4 Å². The molecular weight excluding hydrogens is 264 g/mol. The molecule has 0 unspecified atom stereocenters. The Morgan fingerprint density at radius 1 is 1.24 bits per heavy atom. The van der Waals surface area contributed by atoms with Gasteiger partial charge >= 0.3 is 0 Å². The highest BCUT2D eigenvalue weighted by Gasteiger charge is 2.20. The number of nitrogen functional groups attached to an aromatic ring is 1. The van der Waals surface area contributed by atoms with Crippen molar-refractivity contribution in [2.75, 3.05) is 19.4 Å². The van der Waals surface area contributed by atoms with E-state index in [9.17, 15) is 4.79 Å². The average molecular weight is 290 g/mol. The van der Waals surface area contributed by atoms with Gasteiger partial charge in [0.2, 0.25) is 0 Å². The molecule has 0 bridgehead atoms. The fraction of sp³-hybridized carbons (Fsp3) is 0.588. The van der Waals surface area contributed by atoms with Gasteiger partial charge in [-0.25, -0.2) is 0 Å². The highest BCUT2D eigenvalue weighted by molar-refractivity contribution is 5.95. The third kappa shape index (κ3) is 4.38. The van der Waals surface area contributed by atoms with Gasteiger partial charge in [-0.15, -0.1) is 0 Å². The van der Waals surface area contributed by atoms with E-state index in [1.54, 1.807) is 25.3 Å². The number of nitrogens with one attached hydrogen (secondary N) is 1. The molecule has 0 aromatic heterocycles. The number of carbonyl (C=O) groups excluding carboxylic acids is 1. The summed E-state index contributed by atoms with van der Waals surface area (Å²) in [6.07, 6.45) is 6.31. The number of anilines is 1. The number of carbonyl (C=O) groups is 1. The molecule has 0 heterocycles. The number of hydrogen-bond donors (Lipinski definition) is 2. The van der Waals surface area contributed by atoms with E-state index in [4.69, 9.17) is 10.5 Å². The number of ether oxygens (including phenoxy) is 1. The highest BCUT2D eigenvalue weighted by Crippen LogP contribution is 2.30. The van der Waals surface area contributed by atoms with Crippen LogP contribution in [-0.2, 0) is 0 Å². The van der Waals surface area contributed by atoms with Crippen LogP contribution in [0.5, 0.6) is 5.75 Å². The maximum absolute atomic E-state index is 12.2. The van der Waals surface area contributed by atoms with Gasteiger partial charge in [-0.2, -0.15) is 0 Å². The Kier molecular flexibility index (Phi) is 5.48. The molecule has 1 saturated carbocycles. The summed E-state index contributed by atoms with van der Waals surface area (Å²) in [7, 11) is 1.57. The van der Waals surface area contributed by atoms with Crippen LogP contribution in [0.3, 0.4) is 0 Å². The number of hydrogen-bond acceptors (Lipinski definition) is 3. The Labute approximate surface area is 127 Å². The smallest absolute Gasteiger partial charge is 0.251 e. The van der Waals surface area contributed by atoms with Gasteiger partial charge in [0.1, 0.15) is 5.75 Å². The molecule has 1 aliphatic carbocycles. The molecule has 0 radical (unpaired) electrons. The maximum Gasteiger partial charge on any atom is 0.251 e. The van der Waals surface area contributed by atoms with Gasteiger partial charge in [-0.1, -0.05) is 26.2 Å². The largest absolute Gasteiger partial charge is 0.497 e. The van der Waals surface area contributed by atoms with Gasteiger partial charge < -0.3 is 15.8 Å². The Bertz CT molecular complexity index is 480. The van der Waals surface area contributed by atoms with Gasteiger partial charge in [0.15, 0.2) is 0 Å². The first-order valence-corrected chi connectivity index (χ1v) is 7.85. The maximum atomic E-state index is 12.2. The van der Waals surface area contributed by atoms with Crippen LogP contribution in [0.15, 0.2) is 18.2 Å². The van der Waals surface area contributed by atoms with E-state index in [-0.39, 0.29) is 5.91 Å². The second-order valence-corrected chi connectivity index (χ2v) is 6.00. The normalized spacial score (nSPS) is 21.8. The quantitative estimate of drug-likeness (QED) is 0.818. The van der Waals surface area contributed by atoms with E-state index in [0.717, 1.165) is 12.5 Å². The standard InChI is InChI=1S/C17H26N2O2/c1-3-12-4-6-13(7-5-12)11-19-17(20)14-8-15(18)10-16(9-14)21-2/h8-10,12-13H,3-7,11,18H2,1-2H3,(H,19,20). The number of methoxy groups -OCH3 is 1. The van der Waals surface area contributed by atoms with Crippen LogP contribution in [0.2, 0.25) is 0 Å². The van der Waals surface area contributed by atoms with Crippen molar-refractivity contribution in [3.05, 3.63) is 23.8 Å². The molecule has 1 aliphatic rings. The number of rotatable bonds is 5. The summed E-state index contributed by atoms with van der Waals surface area (Å²) in [6.45, 7) is 3.02. The Hall–Kier alpha value is -1.71. The lowest BCUT2D eigenvalue weighted by atomic mass is 9.81. The lowest BCUT2D eigenvalue weighted by Gasteiger charge is -2.27. The highest BCUT2D eigenvalue weighted by atomic mass is 16.5. The molecule has 1 aromatic rings. The second kappa shape index (κ2) is 7.34. The van der Waals surface area contributed by atoms with E-state index in [2.05, 4.69) is 12.2 Å². The summed E-state index contributed by atoms with van der Waals surface area (Å²) in [6, 6.07) is 5.12. The first-order chi connectivity index (χ1) is 10.1. The van der Waals surface area contributed by atoms with Crippen molar-refractivity contribution in [1.82, 2.24) is 5.32 Å². The number of nitrogens with two attached hydrogens (primary N) is 1. The molecule has 1 aromatic carbocycles. The van der Waals surface area contributed by atoms with Crippen molar-refractivity contribution in [1.29, 1.82) is 0 Å². The minimum atomic E-state index is -0.0711. The second-order valence-electron chi connectivity index (χ2n) is 6.00. The van der Waals surface area contributed by atoms with E-state index in [1.807, 2.05) is 0 Å². The zero-order chi connectivity index (χ0) is 15.2. The third-order valence-electron chi connectivity index (χ3n) is 4.52. The zero-order valence-corrected chi connectivity index (χ0v) is 13.0. The molecule has 0 spiro atoms. The molecule has 4 heteroatoms. The van der Waals surface area contributed by atoms with E-state index < -0.39 is 0 Å². The fourth-order valence-corrected chi connectivity index (χ4v) is 3.05. The summed E-state index contributed by atoms with van der Waals surface area (Å²) < 4.78 is 5.14. The first kappa shape index (κ1) is 15.7. The molecule has 0 saturated heterocycles. The van der Waals surface area contributed by atoms with Gasteiger partial charge in [0, 0.05) is 23.9 Å². The van der Waals surface area contributed by atoms with Gasteiger partial charge in [0.05, 0.1) is 7.11 Å². The molecule has 0 aliphatic heterocycles. The Morgan fingerprint density at radius 2 is 1.90 bits per heavy atom. The van der Waals surface area contributed by atoms with Crippen molar-refractivity contribution in [3.63, 3.8) is 0 Å². The van der Waals surface area contributed by atoms with Crippen molar-refractivity contribution < 1.29 is 9.53 Å². The predicted octanol–water partition coefficient (Wildman–Crippen LogP) is 3.22. The number of benzene rings is 1. The molecule has 0 atom stereocenters. The summed E-state index contributed by atoms with van der Waals surface area (Å²) in [5.74, 6) is 2.04. The van der Waals surface area contributed by atoms with Crippen LogP contribution in [-0.4, -0.2) is 19.6 Å². The monoisotopic (exact) mass is 290 g/mol. The fourth-order valence-electron chi connectivity index (χ4n) is 3.05. The van der Waals surface area contributed by atoms with Crippen molar-refractivity contribution in [2.45, 2.75) is 39.0 Å². The van der Waals surface area contributed by atoms with Crippen LogP contribution in [0.25, 0.3) is 0 Å². The number of amides is 1. The molecular formula is C17H26N2O2. The van der Waals surface area contributed by atoms with Crippen molar-refractivity contribution in [2.24, 2.45) is 11.8 Å². The predicted molar refractivity (Wildman–Crippen MR) is 85.5 cm³/mol. The molecule has 21 heavy (non-hydrogen) atoms. The van der Waals surface area contributed by atoms with Crippen LogP contribution < -0.4 is 15.8 Å². The lowest BCUT2D eigenvalue weighted by Crippen LogP contribution is -2.31. The Morgan fingerprint density at radius 3 is 2.52 bits per heavy atom. The molecule has 116 valence electrons. The summed E-state index contributed by atoms with van der Waals surface area (Å²) in [5, 5.41) is 3.03. The van der Waals surface area contributed by atoms with Gasteiger partial charge in [-0.05, 0) is 36.8 Å². The van der Waals surface area contributed by atoms with Crippen molar-refractivity contribution >= 4 is 11.6 Å². The third-order valence-corrected chi connectivity index (χ3v) is 4.52. The molecule has 4 nitrogen and oxygen atoms in total. The minimum Gasteiger partial charge on any atom is -0.497 e. The minimum absolute atomic E-state index is 0.0711. The van der Waals surface area contributed by atoms with Crippen LogP contribution in [0.4, 0.5) is 5.69 Å². The zero-order valence-electron chi connectivity index (χ0n) is 13.0. The topological polar surface area (TPSA) is 64.4 Å². The van der Waals surface area contributed by atoms with Crippen LogP contribution in [0, 0.1) is 11.8 Å². The van der Waals surface area contributed by atoms with E-state index in [1.165, 1.54) is 32.1 Å². The van der Waals surface area contributed by atoms with E-state index >= 15 is 0 Å². The van der Waals surface area contributed by atoms with E-state index in [0.29, 0.717) is 22.9 Å². The average Bonchev–Trinajstić information content (AvgIpc) is 2.52. The lowest BCUT2D eigenvalue weighted by molar-refractivity contribution is 0.0941. The van der Waals surface area contributed by atoms with Gasteiger partial charge in [0.25, 0.3) is 5.91 Å². The summed E-state index contributed by atoms with van der Waals surface area (Å²) in [5.41, 5.74) is 6.89. The Balaban J connectivity index is 1.86. The first-order valence-electron chi connectivity index (χ1n) is 7.85. The molecule has 3 N–H and O–H groups in total. The summed E-state index contributed by atoms with van der Waals surface area (Å²) >= 11 is 0. The molecule has 1 amide bonds.